The predicted molar refractivity (Wildman–Crippen MR) is 89.8 cm³/mol. The molecule has 0 aliphatic carbocycles. The van der Waals surface area contributed by atoms with E-state index in [1.54, 1.807) is 36.1 Å². The summed E-state index contributed by atoms with van der Waals surface area (Å²) in [6, 6.07) is 6.00. The number of hydrogen-bond donors (Lipinski definition) is 1. The minimum atomic E-state index is -0.604. The van der Waals surface area contributed by atoms with Crippen molar-refractivity contribution in [2.45, 2.75) is 32.2 Å². The molecule has 2 heterocycles. The van der Waals surface area contributed by atoms with E-state index in [0.29, 0.717) is 11.1 Å². The molecule has 4 amide bonds. The van der Waals surface area contributed by atoms with Gasteiger partial charge in [0.1, 0.15) is 6.04 Å². The number of carbonyl (C=O) groups excluding carboxylic acids is 4. The molecule has 25 heavy (non-hydrogen) atoms. The zero-order chi connectivity index (χ0) is 18.0. The molecule has 0 aromatic heterocycles. The first-order chi connectivity index (χ1) is 12.0. The summed E-state index contributed by atoms with van der Waals surface area (Å²) in [4.78, 5) is 51.6. The Morgan fingerprint density at radius 1 is 1.08 bits per heavy atom. The Bertz CT molecular complexity index is 690. The summed E-state index contributed by atoms with van der Waals surface area (Å²) in [6.45, 7) is 3.12. The molecule has 1 atom stereocenters. The van der Waals surface area contributed by atoms with Gasteiger partial charge in [0, 0.05) is 26.1 Å². The predicted octanol–water partition coefficient (Wildman–Crippen LogP) is 0.800. The second-order valence-electron chi connectivity index (χ2n) is 6.38. The standard InChI is InChI=1S/C18H21N3O4/c1-12(16(23)20-9-4-5-10-20)19-15(22)8-11-21-17(24)13-6-2-3-7-14(13)18(21)25/h2-3,6-7,12H,4-5,8-11H2,1H3,(H,19,22)/t12-/m0/s1. The first-order valence-electron chi connectivity index (χ1n) is 8.52. The molecule has 0 radical (unpaired) electrons. The van der Waals surface area contributed by atoms with E-state index in [9.17, 15) is 19.2 Å². The van der Waals surface area contributed by atoms with E-state index in [2.05, 4.69) is 5.32 Å². The van der Waals surface area contributed by atoms with Crippen molar-refractivity contribution in [3.8, 4) is 0 Å². The number of hydrogen-bond acceptors (Lipinski definition) is 4. The third kappa shape index (κ3) is 3.40. The summed E-state index contributed by atoms with van der Waals surface area (Å²) in [5, 5.41) is 2.65. The van der Waals surface area contributed by atoms with Crippen LogP contribution in [0.15, 0.2) is 24.3 Å². The number of likely N-dealkylation sites (tertiary alicyclic amines) is 1. The van der Waals surface area contributed by atoms with Gasteiger partial charge >= 0.3 is 0 Å². The molecule has 0 unspecified atom stereocenters. The SMILES string of the molecule is C[C@H](NC(=O)CCN1C(=O)c2ccccc2C1=O)C(=O)N1CCCC1. The monoisotopic (exact) mass is 343 g/mol. The molecular weight excluding hydrogens is 322 g/mol. The van der Waals surface area contributed by atoms with Gasteiger partial charge in [0.2, 0.25) is 11.8 Å². The van der Waals surface area contributed by atoms with Crippen LogP contribution in [0.2, 0.25) is 0 Å². The van der Waals surface area contributed by atoms with Gasteiger partial charge in [-0.15, -0.1) is 0 Å². The molecule has 2 aliphatic heterocycles. The van der Waals surface area contributed by atoms with Gasteiger partial charge in [-0.3, -0.25) is 24.1 Å². The fraction of sp³-hybridized carbons (Fsp3) is 0.444. The Hall–Kier alpha value is -2.70. The van der Waals surface area contributed by atoms with Gasteiger partial charge in [-0.2, -0.15) is 0 Å². The number of nitrogens with zero attached hydrogens (tertiary/aromatic N) is 2. The van der Waals surface area contributed by atoms with Crippen LogP contribution in [0.5, 0.6) is 0 Å². The third-order valence-corrected chi connectivity index (χ3v) is 4.61. The molecule has 2 aliphatic rings. The van der Waals surface area contributed by atoms with Crippen molar-refractivity contribution >= 4 is 23.6 Å². The van der Waals surface area contributed by atoms with E-state index >= 15 is 0 Å². The van der Waals surface area contributed by atoms with E-state index in [0.717, 1.165) is 30.8 Å². The summed E-state index contributed by atoms with van der Waals surface area (Å²) >= 11 is 0. The van der Waals surface area contributed by atoms with Crippen molar-refractivity contribution in [1.29, 1.82) is 0 Å². The summed E-state index contributed by atoms with van der Waals surface area (Å²) in [7, 11) is 0. The molecule has 1 fully saturated rings. The lowest BCUT2D eigenvalue weighted by molar-refractivity contribution is -0.135. The maximum Gasteiger partial charge on any atom is 0.261 e. The Morgan fingerprint density at radius 2 is 1.64 bits per heavy atom. The van der Waals surface area contributed by atoms with Crippen molar-refractivity contribution in [3.63, 3.8) is 0 Å². The molecule has 0 saturated carbocycles. The molecule has 1 N–H and O–H groups in total. The van der Waals surface area contributed by atoms with Gasteiger partial charge in [0.05, 0.1) is 11.1 Å². The van der Waals surface area contributed by atoms with Gasteiger partial charge in [-0.05, 0) is 31.9 Å². The highest BCUT2D eigenvalue weighted by Gasteiger charge is 2.35. The summed E-state index contributed by atoms with van der Waals surface area (Å²) in [5.74, 6) is -1.20. The number of fused-ring (bicyclic) bond motifs is 1. The number of imide groups is 1. The zero-order valence-corrected chi connectivity index (χ0v) is 14.2. The molecule has 132 valence electrons. The van der Waals surface area contributed by atoms with E-state index in [1.165, 1.54) is 0 Å². The van der Waals surface area contributed by atoms with Crippen LogP contribution in [0, 0.1) is 0 Å². The van der Waals surface area contributed by atoms with Crippen LogP contribution in [0.25, 0.3) is 0 Å². The molecule has 0 bridgehead atoms. The van der Waals surface area contributed by atoms with E-state index < -0.39 is 6.04 Å². The normalized spacial score (nSPS) is 17.6. The highest BCUT2D eigenvalue weighted by atomic mass is 16.2. The van der Waals surface area contributed by atoms with Crippen LogP contribution >= 0.6 is 0 Å². The first kappa shape index (κ1) is 17.1. The fourth-order valence-corrected chi connectivity index (χ4v) is 3.24. The molecule has 1 saturated heterocycles. The molecule has 3 rings (SSSR count). The maximum atomic E-state index is 12.2. The van der Waals surface area contributed by atoms with Crippen LogP contribution < -0.4 is 5.32 Å². The molecule has 7 heteroatoms. The Balaban J connectivity index is 1.52. The molecular formula is C18H21N3O4. The van der Waals surface area contributed by atoms with Crippen LogP contribution in [-0.4, -0.2) is 59.1 Å². The number of amides is 4. The molecule has 1 aromatic carbocycles. The second kappa shape index (κ2) is 7.04. The number of rotatable bonds is 5. The smallest absolute Gasteiger partial charge is 0.261 e. The molecule has 7 nitrogen and oxygen atoms in total. The van der Waals surface area contributed by atoms with Crippen LogP contribution in [-0.2, 0) is 9.59 Å². The highest BCUT2D eigenvalue weighted by Crippen LogP contribution is 2.22. The molecule has 1 aromatic rings. The van der Waals surface area contributed by atoms with Crippen molar-refractivity contribution < 1.29 is 19.2 Å². The lowest BCUT2D eigenvalue weighted by atomic mass is 10.1. The van der Waals surface area contributed by atoms with Crippen molar-refractivity contribution in [2.24, 2.45) is 0 Å². The average Bonchev–Trinajstić information content (AvgIpc) is 3.22. The van der Waals surface area contributed by atoms with Crippen LogP contribution in [0.3, 0.4) is 0 Å². The van der Waals surface area contributed by atoms with E-state index in [-0.39, 0.29) is 36.6 Å². The van der Waals surface area contributed by atoms with Crippen molar-refractivity contribution in [3.05, 3.63) is 35.4 Å². The Labute approximate surface area is 146 Å². The van der Waals surface area contributed by atoms with Gasteiger partial charge in [-0.1, -0.05) is 12.1 Å². The van der Waals surface area contributed by atoms with Gasteiger partial charge in [-0.25, -0.2) is 0 Å². The summed E-state index contributed by atoms with van der Waals surface area (Å²) in [6.07, 6.45) is 1.96. The van der Waals surface area contributed by atoms with E-state index in [4.69, 9.17) is 0 Å². The van der Waals surface area contributed by atoms with Gasteiger partial charge in [0.15, 0.2) is 0 Å². The maximum absolute atomic E-state index is 12.2. The Kier molecular flexibility index (Phi) is 4.83. The first-order valence-corrected chi connectivity index (χ1v) is 8.52. The largest absolute Gasteiger partial charge is 0.345 e. The quantitative estimate of drug-likeness (QED) is 0.801. The lowest BCUT2D eigenvalue weighted by Crippen LogP contribution is -2.46. The number of nitrogens with one attached hydrogen (secondary N) is 1. The van der Waals surface area contributed by atoms with Crippen LogP contribution in [0.4, 0.5) is 0 Å². The Morgan fingerprint density at radius 3 is 2.20 bits per heavy atom. The topological polar surface area (TPSA) is 86.8 Å². The van der Waals surface area contributed by atoms with Crippen LogP contribution in [0.1, 0.15) is 46.9 Å². The fourth-order valence-electron chi connectivity index (χ4n) is 3.24. The second-order valence-corrected chi connectivity index (χ2v) is 6.38. The summed E-state index contributed by atoms with van der Waals surface area (Å²) in [5.41, 5.74) is 0.732. The summed E-state index contributed by atoms with van der Waals surface area (Å²) < 4.78 is 0. The van der Waals surface area contributed by atoms with Gasteiger partial charge < -0.3 is 10.2 Å². The number of carbonyl (C=O) groups is 4. The van der Waals surface area contributed by atoms with Crippen molar-refractivity contribution in [2.75, 3.05) is 19.6 Å². The third-order valence-electron chi connectivity index (χ3n) is 4.61. The minimum Gasteiger partial charge on any atom is -0.345 e. The van der Waals surface area contributed by atoms with Gasteiger partial charge in [0.25, 0.3) is 11.8 Å². The molecule has 0 spiro atoms. The number of benzene rings is 1. The zero-order valence-electron chi connectivity index (χ0n) is 14.2. The minimum absolute atomic E-state index is 0.00278. The van der Waals surface area contributed by atoms with E-state index in [1.807, 2.05) is 0 Å². The highest BCUT2D eigenvalue weighted by molar-refractivity contribution is 6.21. The average molecular weight is 343 g/mol. The van der Waals surface area contributed by atoms with Crippen molar-refractivity contribution in [1.82, 2.24) is 15.1 Å². The lowest BCUT2D eigenvalue weighted by Gasteiger charge is -2.21.